The van der Waals surface area contributed by atoms with Crippen molar-refractivity contribution in [3.8, 4) is 0 Å². The van der Waals surface area contributed by atoms with Crippen molar-refractivity contribution in [3.63, 3.8) is 0 Å². The minimum atomic E-state index is -3.15. The number of benzene rings is 1. The third kappa shape index (κ3) is 1.30. The van der Waals surface area contributed by atoms with Gasteiger partial charge in [0, 0.05) is 15.9 Å². The predicted octanol–water partition coefficient (Wildman–Crippen LogP) is 2.14. The molecule has 0 aromatic heterocycles. The molecular weight excluding hydrogens is 204 g/mol. The molecule has 0 atom stereocenters. The van der Waals surface area contributed by atoms with Crippen LogP contribution < -0.4 is 0 Å². The molecule has 0 saturated carbocycles. The molecule has 0 amide bonds. The van der Waals surface area contributed by atoms with Crippen LogP contribution in [-0.2, 0) is 9.84 Å². The number of rotatable bonds is 1. The smallest absolute Gasteiger partial charge is 0.201 e. The van der Waals surface area contributed by atoms with Crippen LogP contribution in [0.5, 0.6) is 0 Å². The van der Waals surface area contributed by atoms with Gasteiger partial charge in [-0.25, -0.2) is 8.42 Å². The van der Waals surface area contributed by atoms with Gasteiger partial charge >= 0.3 is 0 Å². The van der Waals surface area contributed by atoms with Crippen molar-refractivity contribution in [1.29, 1.82) is 0 Å². The maximum atomic E-state index is 11.5. The molecule has 0 saturated heterocycles. The lowest BCUT2D eigenvalue weighted by Gasteiger charge is -1.98. The summed E-state index contributed by atoms with van der Waals surface area (Å²) >= 11 is 1.46. The van der Waals surface area contributed by atoms with Gasteiger partial charge in [-0.15, -0.1) is 11.8 Å². The summed E-state index contributed by atoms with van der Waals surface area (Å²) in [6.07, 6.45) is 1.88. The molecule has 1 aromatic rings. The molecule has 0 radical (unpaired) electrons. The van der Waals surface area contributed by atoms with E-state index in [4.69, 9.17) is 0 Å². The highest BCUT2D eigenvalue weighted by molar-refractivity contribution is 8.09. The monoisotopic (exact) mass is 212 g/mol. The lowest BCUT2D eigenvalue weighted by atomic mass is 10.2. The van der Waals surface area contributed by atoms with Crippen LogP contribution in [0.3, 0.4) is 0 Å². The molecule has 0 aliphatic carbocycles. The fraction of sp³-hybridized carbons (Fsp3) is 0.111. The highest BCUT2D eigenvalue weighted by Crippen LogP contribution is 2.38. The first-order valence-electron chi connectivity index (χ1n) is 3.75. The average Bonchev–Trinajstić information content (AvgIpc) is 2.39. The van der Waals surface area contributed by atoms with E-state index in [-0.39, 0.29) is 0 Å². The zero-order chi connectivity index (χ0) is 9.47. The quantitative estimate of drug-likeness (QED) is 0.715. The van der Waals surface area contributed by atoms with Gasteiger partial charge in [0.05, 0.1) is 4.90 Å². The molecule has 0 bridgehead atoms. The number of fused-ring (bicyclic) bond motifs is 1. The Morgan fingerprint density at radius 1 is 1.23 bits per heavy atom. The Balaban J connectivity index is 2.76. The van der Waals surface area contributed by atoms with Crippen LogP contribution in [-0.4, -0.2) is 14.7 Å². The van der Waals surface area contributed by atoms with Crippen molar-refractivity contribution in [2.45, 2.75) is 4.90 Å². The summed E-state index contributed by atoms with van der Waals surface area (Å²) in [6, 6.07) is 7.07. The molecule has 1 heterocycles. The molecule has 0 N–H and O–H groups in total. The summed E-state index contributed by atoms with van der Waals surface area (Å²) in [7, 11) is -3.15. The SMILES string of the molecule is CSC1=CS(=O)(=O)c2ccccc21. The van der Waals surface area contributed by atoms with Crippen molar-refractivity contribution in [3.05, 3.63) is 35.2 Å². The summed E-state index contributed by atoms with van der Waals surface area (Å²) in [5.41, 5.74) is 0.829. The molecule has 68 valence electrons. The van der Waals surface area contributed by atoms with Gasteiger partial charge in [-0.2, -0.15) is 0 Å². The van der Waals surface area contributed by atoms with E-state index < -0.39 is 9.84 Å². The third-order valence-corrected chi connectivity index (χ3v) is 4.38. The van der Waals surface area contributed by atoms with E-state index in [2.05, 4.69) is 0 Å². The Kier molecular flexibility index (Phi) is 1.96. The van der Waals surface area contributed by atoms with Gasteiger partial charge in [0.2, 0.25) is 9.84 Å². The number of hydrogen-bond donors (Lipinski definition) is 0. The minimum Gasteiger partial charge on any atom is -0.219 e. The van der Waals surface area contributed by atoms with E-state index in [9.17, 15) is 8.42 Å². The van der Waals surface area contributed by atoms with Crippen molar-refractivity contribution < 1.29 is 8.42 Å². The van der Waals surface area contributed by atoms with E-state index >= 15 is 0 Å². The highest BCUT2D eigenvalue weighted by atomic mass is 32.2. The molecule has 1 aliphatic heterocycles. The standard InChI is InChI=1S/C9H8O2S2/c1-12-8-6-13(10,11)9-5-3-2-4-7(8)9/h2-6H,1H3. The fourth-order valence-corrected chi connectivity index (χ4v) is 3.86. The first kappa shape index (κ1) is 8.84. The Bertz CT molecular complexity index is 472. The van der Waals surface area contributed by atoms with E-state index in [1.807, 2.05) is 18.4 Å². The molecular formula is C9H8O2S2. The summed E-state index contributed by atoms with van der Waals surface area (Å²) in [5.74, 6) is 0. The third-order valence-electron chi connectivity index (χ3n) is 1.94. The van der Waals surface area contributed by atoms with Crippen LogP contribution in [0, 0.1) is 0 Å². The number of thioether (sulfide) groups is 1. The Hall–Kier alpha value is -0.740. The molecule has 2 nitrogen and oxygen atoms in total. The van der Waals surface area contributed by atoms with Crippen LogP contribution in [0.25, 0.3) is 4.91 Å². The zero-order valence-corrected chi connectivity index (χ0v) is 8.65. The van der Waals surface area contributed by atoms with E-state index in [1.54, 1.807) is 12.1 Å². The van der Waals surface area contributed by atoms with Crippen LogP contribution in [0.4, 0.5) is 0 Å². The molecule has 0 spiro atoms. The summed E-state index contributed by atoms with van der Waals surface area (Å²) < 4.78 is 23.1. The molecule has 13 heavy (non-hydrogen) atoms. The van der Waals surface area contributed by atoms with Crippen LogP contribution >= 0.6 is 11.8 Å². The van der Waals surface area contributed by atoms with E-state index in [0.29, 0.717) is 4.90 Å². The van der Waals surface area contributed by atoms with Gasteiger partial charge < -0.3 is 0 Å². The summed E-state index contributed by atoms with van der Waals surface area (Å²) in [5, 5.41) is 1.34. The summed E-state index contributed by atoms with van der Waals surface area (Å²) in [6.45, 7) is 0. The van der Waals surface area contributed by atoms with Gasteiger partial charge in [0.25, 0.3) is 0 Å². The lowest BCUT2D eigenvalue weighted by molar-refractivity contribution is 0.605. The Labute approximate surface area is 81.6 Å². The lowest BCUT2D eigenvalue weighted by Crippen LogP contribution is -1.91. The summed E-state index contributed by atoms with van der Waals surface area (Å²) in [4.78, 5) is 1.26. The maximum Gasteiger partial charge on any atom is 0.201 e. The molecule has 1 aliphatic rings. The zero-order valence-electron chi connectivity index (χ0n) is 7.02. The topological polar surface area (TPSA) is 34.1 Å². The first-order chi connectivity index (χ1) is 6.15. The second-order valence-corrected chi connectivity index (χ2v) is 5.34. The Morgan fingerprint density at radius 3 is 2.62 bits per heavy atom. The largest absolute Gasteiger partial charge is 0.219 e. The van der Waals surface area contributed by atoms with Gasteiger partial charge in [0.15, 0.2) is 0 Å². The van der Waals surface area contributed by atoms with Crippen molar-refractivity contribution in [2.75, 3.05) is 6.26 Å². The highest BCUT2D eigenvalue weighted by Gasteiger charge is 2.25. The van der Waals surface area contributed by atoms with Crippen molar-refractivity contribution in [2.24, 2.45) is 0 Å². The Morgan fingerprint density at radius 2 is 1.92 bits per heavy atom. The van der Waals surface area contributed by atoms with E-state index in [1.165, 1.54) is 17.2 Å². The van der Waals surface area contributed by atoms with Crippen molar-refractivity contribution in [1.82, 2.24) is 0 Å². The molecule has 0 unspecified atom stereocenters. The predicted molar refractivity (Wildman–Crippen MR) is 55.1 cm³/mol. The van der Waals surface area contributed by atoms with Crippen LogP contribution in [0.15, 0.2) is 34.6 Å². The molecule has 0 fully saturated rings. The maximum absolute atomic E-state index is 11.5. The van der Waals surface area contributed by atoms with Gasteiger partial charge in [0.1, 0.15) is 0 Å². The molecule has 4 heteroatoms. The number of hydrogen-bond acceptors (Lipinski definition) is 3. The van der Waals surface area contributed by atoms with E-state index in [0.717, 1.165) is 10.5 Å². The van der Waals surface area contributed by atoms with Crippen molar-refractivity contribution >= 4 is 26.5 Å². The number of sulfone groups is 1. The minimum absolute atomic E-state index is 0.430. The second-order valence-electron chi connectivity index (χ2n) is 2.73. The molecule has 1 aromatic carbocycles. The molecule has 2 rings (SSSR count). The normalized spacial score (nSPS) is 18.1. The van der Waals surface area contributed by atoms with Gasteiger partial charge in [-0.05, 0) is 12.3 Å². The first-order valence-corrected chi connectivity index (χ1v) is 6.52. The average molecular weight is 212 g/mol. The van der Waals surface area contributed by atoms with Crippen LogP contribution in [0.1, 0.15) is 5.56 Å². The van der Waals surface area contributed by atoms with Crippen LogP contribution in [0.2, 0.25) is 0 Å². The fourth-order valence-electron chi connectivity index (χ4n) is 1.34. The van der Waals surface area contributed by atoms with Gasteiger partial charge in [-0.1, -0.05) is 18.2 Å². The second kappa shape index (κ2) is 2.89. The van der Waals surface area contributed by atoms with Gasteiger partial charge in [-0.3, -0.25) is 0 Å².